The number of rotatable bonds is 6. The smallest absolute Gasteiger partial charge is 0.332 e. The molecule has 0 saturated heterocycles. The van der Waals surface area contributed by atoms with Crippen LogP contribution in [0.4, 0.5) is 11.6 Å². The Bertz CT molecular complexity index is 1180. The van der Waals surface area contributed by atoms with Crippen molar-refractivity contribution in [2.45, 2.75) is 33.4 Å². The van der Waals surface area contributed by atoms with Gasteiger partial charge in [-0.2, -0.15) is 4.98 Å². The number of imidazole rings is 1. The normalized spacial score (nSPS) is 16.1. The number of fused-ring (bicyclic) bond motifs is 3. The molecule has 0 bridgehead atoms. The second-order valence-corrected chi connectivity index (χ2v) is 7.71. The summed E-state index contributed by atoms with van der Waals surface area (Å²) < 4.78 is 10.1. The summed E-state index contributed by atoms with van der Waals surface area (Å²) in [7, 11) is 1.63. The first-order valence-corrected chi connectivity index (χ1v) is 10.3. The molecule has 0 spiro atoms. The summed E-state index contributed by atoms with van der Waals surface area (Å²) >= 11 is 0. The Kier molecular flexibility index (Phi) is 5.38. The third-order valence-corrected chi connectivity index (χ3v) is 5.44. The Morgan fingerprint density at radius 1 is 1.20 bits per heavy atom. The van der Waals surface area contributed by atoms with Crippen molar-refractivity contribution in [1.82, 2.24) is 18.7 Å². The van der Waals surface area contributed by atoms with Crippen LogP contribution in [-0.2, 0) is 20.1 Å². The van der Waals surface area contributed by atoms with Crippen LogP contribution in [0.1, 0.15) is 20.3 Å². The highest BCUT2D eigenvalue weighted by molar-refractivity contribution is 5.77. The zero-order valence-electron chi connectivity index (χ0n) is 17.5. The highest BCUT2D eigenvalue weighted by Gasteiger charge is 2.29. The monoisotopic (exact) mass is 413 g/mol. The highest BCUT2D eigenvalue weighted by Crippen LogP contribution is 2.33. The summed E-state index contributed by atoms with van der Waals surface area (Å²) in [4.78, 5) is 32.7. The van der Waals surface area contributed by atoms with Gasteiger partial charge in [0.25, 0.3) is 5.56 Å². The van der Waals surface area contributed by atoms with Gasteiger partial charge in [-0.15, -0.1) is 0 Å². The Labute approximate surface area is 173 Å². The van der Waals surface area contributed by atoms with Crippen molar-refractivity contribution in [2.75, 3.05) is 24.7 Å². The Balaban J connectivity index is 1.88. The molecule has 3 heterocycles. The van der Waals surface area contributed by atoms with Crippen LogP contribution >= 0.6 is 0 Å². The van der Waals surface area contributed by atoms with E-state index in [0.717, 1.165) is 18.0 Å². The summed E-state index contributed by atoms with van der Waals surface area (Å²) in [5.74, 6) is 1.73. The lowest BCUT2D eigenvalue weighted by Crippen LogP contribution is -2.40. The second kappa shape index (κ2) is 7.98. The van der Waals surface area contributed by atoms with Crippen molar-refractivity contribution in [3.63, 3.8) is 0 Å². The predicted molar refractivity (Wildman–Crippen MR) is 115 cm³/mol. The van der Waals surface area contributed by atoms with E-state index in [2.05, 4.69) is 11.8 Å². The van der Waals surface area contributed by atoms with Gasteiger partial charge in [0.2, 0.25) is 5.95 Å². The van der Waals surface area contributed by atoms with Crippen molar-refractivity contribution < 1.29 is 9.84 Å². The number of ether oxygens (including phenoxy) is 1. The van der Waals surface area contributed by atoms with Gasteiger partial charge in [-0.1, -0.05) is 6.92 Å². The van der Waals surface area contributed by atoms with E-state index in [1.807, 2.05) is 35.8 Å². The van der Waals surface area contributed by atoms with Gasteiger partial charge in [-0.3, -0.25) is 13.9 Å². The molecule has 4 rings (SSSR count). The van der Waals surface area contributed by atoms with Crippen LogP contribution in [0.3, 0.4) is 0 Å². The second-order valence-electron chi connectivity index (χ2n) is 7.71. The molecule has 30 heavy (non-hydrogen) atoms. The van der Waals surface area contributed by atoms with E-state index in [1.54, 1.807) is 7.05 Å². The first-order chi connectivity index (χ1) is 14.5. The van der Waals surface area contributed by atoms with E-state index in [4.69, 9.17) is 14.8 Å². The summed E-state index contributed by atoms with van der Waals surface area (Å²) in [5.41, 5.74) is 0.975. The number of anilines is 2. The molecule has 9 nitrogen and oxygen atoms in total. The third-order valence-electron chi connectivity index (χ3n) is 5.44. The third kappa shape index (κ3) is 3.28. The van der Waals surface area contributed by atoms with Crippen molar-refractivity contribution in [3.8, 4) is 5.75 Å². The van der Waals surface area contributed by atoms with Crippen molar-refractivity contribution in [2.24, 2.45) is 13.0 Å². The number of aryl methyl sites for hydroxylation is 1. The molecular formula is C21H27N5O4. The van der Waals surface area contributed by atoms with Crippen LogP contribution in [0.5, 0.6) is 5.75 Å². The number of hydrogen-bond donors (Lipinski definition) is 1. The lowest BCUT2D eigenvalue weighted by Gasteiger charge is -2.33. The topological polar surface area (TPSA) is 94.5 Å². The van der Waals surface area contributed by atoms with E-state index in [0.29, 0.717) is 36.7 Å². The van der Waals surface area contributed by atoms with Crippen LogP contribution in [0.15, 0.2) is 33.9 Å². The molecule has 160 valence electrons. The fourth-order valence-electron chi connectivity index (χ4n) is 4.04. The highest BCUT2D eigenvalue weighted by atomic mass is 16.5. The van der Waals surface area contributed by atoms with Crippen LogP contribution < -0.4 is 20.9 Å². The number of hydrogen-bond acceptors (Lipinski definition) is 6. The molecule has 1 aliphatic rings. The van der Waals surface area contributed by atoms with E-state index in [1.165, 1.54) is 9.13 Å². The number of benzene rings is 1. The molecule has 0 radical (unpaired) electrons. The molecule has 1 N–H and O–H groups in total. The molecular weight excluding hydrogens is 386 g/mol. The van der Waals surface area contributed by atoms with E-state index in [9.17, 15) is 9.59 Å². The van der Waals surface area contributed by atoms with Crippen LogP contribution in [0.25, 0.3) is 11.2 Å². The maximum absolute atomic E-state index is 13.2. The number of aliphatic hydroxyl groups is 1. The zero-order valence-corrected chi connectivity index (χ0v) is 17.5. The van der Waals surface area contributed by atoms with Crippen molar-refractivity contribution in [3.05, 3.63) is 45.1 Å². The standard InChI is InChI=1S/C21H27N5O4/c1-4-30-16-8-6-15(7-9-16)25-12-14(2)13-26-17-18(22-20(25)26)23(3)21(29)24(19(17)28)10-5-11-27/h6-9,14,27H,4-5,10-13H2,1-3H3/t14-/m1/s1. The van der Waals surface area contributed by atoms with E-state index < -0.39 is 5.69 Å². The minimum Gasteiger partial charge on any atom is -0.494 e. The Hall–Kier alpha value is -3.07. The summed E-state index contributed by atoms with van der Waals surface area (Å²) in [5, 5.41) is 9.14. The predicted octanol–water partition coefficient (Wildman–Crippen LogP) is 1.47. The molecule has 0 aliphatic carbocycles. The number of aliphatic hydroxyl groups excluding tert-OH is 1. The maximum atomic E-state index is 13.2. The van der Waals surface area contributed by atoms with E-state index in [-0.39, 0.29) is 24.6 Å². The first-order valence-electron chi connectivity index (χ1n) is 10.3. The van der Waals surface area contributed by atoms with Gasteiger partial charge in [0.15, 0.2) is 11.2 Å². The quantitative estimate of drug-likeness (QED) is 0.658. The minimum absolute atomic E-state index is 0.0826. The van der Waals surface area contributed by atoms with Gasteiger partial charge in [0, 0.05) is 39.0 Å². The van der Waals surface area contributed by atoms with Gasteiger partial charge in [-0.25, -0.2) is 4.79 Å². The Morgan fingerprint density at radius 3 is 2.60 bits per heavy atom. The molecule has 1 aliphatic heterocycles. The van der Waals surface area contributed by atoms with Crippen LogP contribution in [0.2, 0.25) is 0 Å². The lowest BCUT2D eigenvalue weighted by atomic mass is 10.1. The largest absolute Gasteiger partial charge is 0.494 e. The van der Waals surface area contributed by atoms with Gasteiger partial charge in [0.1, 0.15) is 5.75 Å². The van der Waals surface area contributed by atoms with Crippen LogP contribution in [-0.4, -0.2) is 43.6 Å². The van der Waals surface area contributed by atoms with Gasteiger partial charge >= 0.3 is 5.69 Å². The lowest BCUT2D eigenvalue weighted by molar-refractivity contribution is 0.277. The molecule has 1 atom stereocenters. The van der Waals surface area contributed by atoms with E-state index >= 15 is 0 Å². The number of nitrogens with zero attached hydrogens (tertiary/aromatic N) is 5. The minimum atomic E-state index is -0.419. The summed E-state index contributed by atoms with van der Waals surface area (Å²) in [6.07, 6.45) is 0.344. The summed E-state index contributed by atoms with van der Waals surface area (Å²) in [6, 6.07) is 7.79. The average molecular weight is 413 g/mol. The first kappa shape index (κ1) is 20.2. The molecule has 9 heteroatoms. The molecule has 3 aromatic rings. The molecule has 0 amide bonds. The van der Waals surface area contributed by atoms with Gasteiger partial charge in [0.05, 0.1) is 6.61 Å². The fourth-order valence-corrected chi connectivity index (χ4v) is 4.04. The summed E-state index contributed by atoms with van der Waals surface area (Å²) in [6.45, 7) is 6.17. The fraction of sp³-hybridized carbons (Fsp3) is 0.476. The molecule has 0 saturated carbocycles. The Morgan fingerprint density at radius 2 is 1.93 bits per heavy atom. The maximum Gasteiger partial charge on any atom is 0.332 e. The average Bonchev–Trinajstić information content (AvgIpc) is 3.12. The SMILES string of the molecule is CCOc1ccc(N2C[C@@H](C)Cn3c2nc2c3c(=O)n(CCCO)c(=O)n2C)cc1. The number of aromatic nitrogens is 4. The molecule has 1 aromatic carbocycles. The van der Waals surface area contributed by atoms with Crippen LogP contribution in [0, 0.1) is 5.92 Å². The van der Waals surface area contributed by atoms with Crippen molar-refractivity contribution >= 4 is 22.8 Å². The van der Waals surface area contributed by atoms with Gasteiger partial charge < -0.3 is 19.3 Å². The van der Waals surface area contributed by atoms with Gasteiger partial charge in [-0.05, 0) is 43.5 Å². The zero-order chi connectivity index (χ0) is 21.4. The molecule has 2 aromatic heterocycles. The van der Waals surface area contributed by atoms with Crippen molar-refractivity contribution in [1.29, 1.82) is 0 Å². The molecule has 0 fully saturated rings. The molecule has 0 unspecified atom stereocenters.